The number of hydrogen-bond acceptors (Lipinski definition) is 6. The van der Waals surface area contributed by atoms with E-state index >= 15 is 0 Å². The van der Waals surface area contributed by atoms with Gasteiger partial charge in [-0.05, 0) is 74.0 Å². The topological polar surface area (TPSA) is 130 Å². The van der Waals surface area contributed by atoms with E-state index in [9.17, 15) is 30.3 Å². The summed E-state index contributed by atoms with van der Waals surface area (Å²) in [7, 11) is 0. The fourth-order valence-corrected chi connectivity index (χ4v) is 5.67. The molecule has 44 heavy (non-hydrogen) atoms. The van der Waals surface area contributed by atoms with E-state index in [1.54, 1.807) is 6.92 Å². The third-order valence-electron chi connectivity index (χ3n) is 8.33. The molecule has 0 saturated carbocycles. The molecule has 6 N–H and O–H groups in total. The van der Waals surface area contributed by atoms with Gasteiger partial charge in [0.25, 0.3) is 0 Å². The van der Waals surface area contributed by atoms with Gasteiger partial charge in [-0.2, -0.15) is 0 Å². The molecule has 252 valence electrons. The summed E-state index contributed by atoms with van der Waals surface area (Å²) in [6.07, 6.45) is 12.9. The minimum atomic E-state index is -0.926. The Labute approximate surface area is 267 Å². The summed E-state index contributed by atoms with van der Waals surface area (Å²) in [6, 6.07) is 10.1. The summed E-state index contributed by atoms with van der Waals surface area (Å²) in [5.74, 6) is 0.136. The molecule has 0 heterocycles. The number of carboxylic acid groups (broad SMARTS) is 1. The number of allylic oxidation sites excluding steroid dienone is 2. The largest absolute Gasteiger partial charge is 0.481 e. The van der Waals surface area contributed by atoms with Crippen molar-refractivity contribution in [2.75, 3.05) is 13.2 Å². The van der Waals surface area contributed by atoms with E-state index in [1.807, 2.05) is 30.4 Å². The first-order valence-electron chi connectivity index (χ1n) is 17.1. The molecule has 0 unspecified atom stereocenters. The van der Waals surface area contributed by atoms with Gasteiger partial charge in [0.15, 0.2) is 0 Å². The summed E-state index contributed by atoms with van der Waals surface area (Å²) < 4.78 is 0. The monoisotopic (exact) mass is 617 g/mol. The van der Waals surface area contributed by atoms with Crippen LogP contribution in [0.5, 0.6) is 0 Å². The van der Waals surface area contributed by atoms with Crippen LogP contribution in [0, 0.1) is 11.8 Å². The number of aryl methyl sites for hydroxylation is 1. The highest BCUT2D eigenvalue weighted by atomic mass is 16.4. The molecule has 7 heteroatoms. The van der Waals surface area contributed by atoms with E-state index in [-0.39, 0.29) is 25.5 Å². The number of rotatable bonds is 26. The molecule has 1 rings (SSSR count). The molecule has 0 spiro atoms. The van der Waals surface area contributed by atoms with Gasteiger partial charge in [-0.3, -0.25) is 4.79 Å². The molecule has 1 aromatic rings. The van der Waals surface area contributed by atoms with E-state index in [2.05, 4.69) is 38.2 Å². The molecule has 0 saturated heterocycles. The average Bonchev–Trinajstić information content (AvgIpc) is 2.99. The SMILES string of the molecule is CCCCC[C@H](O)/C=C/C(CCc1ccccc1)=C(\C[C@H](O)CO)[C@H](CCC[C@@H](CCC(=O)O)CCC(C)C)NC[C@H](C)O. The van der Waals surface area contributed by atoms with Crippen molar-refractivity contribution in [3.05, 3.63) is 59.2 Å². The standard InChI is InChI=1S/C37H63NO6/c1-5-6-8-15-33(41)23-22-32(21-19-30-12-9-7-10-13-30)35(25-34(42)27-39)36(38-26-29(4)40)16-11-14-31(18-17-28(2)3)20-24-37(43)44/h7,9-10,12-13,22-23,28-29,31,33-34,36,38-42H,5-6,8,11,14-21,24-27H2,1-4H3,(H,43,44)/b23-22+,35-32+/t29-,31+,33-,34-,36-/m0/s1. The fraction of sp³-hybridized carbons (Fsp3) is 0.703. The lowest BCUT2D eigenvalue weighted by Crippen LogP contribution is -2.38. The highest BCUT2D eigenvalue weighted by Crippen LogP contribution is 2.28. The molecular weight excluding hydrogens is 554 g/mol. The summed E-state index contributed by atoms with van der Waals surface area (Å²) in [5, 5.41) is 54.2. The third kappa shape index (κ3) is 19.4. The lowest BCUT2D eigenvalue weighted by atomic mass is 9.85. The second kappa shape index (κ2) is 24.2. The summed E-state index contributed by atoms with van der Waals surface area (Å²) in [5.41, 5.74) is 3.22. The smallest absolute Gasteiger partial charge is 0.303 e. The van der Waals surface area contributed by atoms with Crippen LogP contribution in [0.4, 0.5) is 0 Å². The predicted molar refractivity (Wildman–Crippen MR) is 181 cm³/mol. The van der Waals surface area contributed by atoms with Crippen molar-refractivity contribution in [3.8, 4) is 0 Å². The number of benzene rings is 1. The van der Waals surface area contributed by atoms with Crippen molar-refractivity contribution in [2.45, 2.75) is 142 Å². The fourth-order valence-electron chi connectivity index (χ4n) is 5.67. The molecular formula is C37H63NO6. The quantitative estimate of drug-likeness (QED) is 0.0511. The zero-order valence-electron chi connectivity index (χ0n) is 28.0. The number of carbonyl (C=O) groups is 1. The molecule has 5 atom stereocenters. The van der Waals surface area contributed by atoms with Crippen LogP contribution in [0.25, 0.3) is 0 Å². The number of aliphatic hydroxyl groups is 4. The van der Waals surface area contributed by atoms with Crippen LogP contribution in [0.2, 0.25) is 0 Å². The molecule has 0 amide bonds. The molecule has 0 aliphatic rings. The van der Waals surface area contributed by atoms with E-state index in [4.69, 9.17) is 0 Å². The van der Waals surface area contributed by atoms with Crippen LogP contribution >= 0.6 is 0 Å². The highest BCUT2D eigenvalue weighted by molar-refractivity contribution is 5.66. The number of hydrogen-bond donors (Lipinski definition) is 6. The molecule has 0 aliphatic heterocycles. The second-order valence-corrected chi connectivity index (χ2v) is 13.0. The van der Waals surface area contributed by atoms with Gasteiger partial charge in [0.1, 0.15) is 0 Å². The zero-order valence-corrected chi connectivity index (χ0v) is 28.0. The van der Waals surface area contributed by atoms with Crippen molar-refractivity contribution in [3.63, 3.8) is 0 Å². The highest BCUT2D eigenvalue weighted by Gasteiger charge is 2.22. The Bertz CT molecular complexity index is 929. The number of nitrogens with one attached hydrogen (secondary N) is 1. The van der Waals surface area contributed by atoms with Crippen molar-refractivity contribution < 1.29 is 30.3 Å². The lowest BCUT2D eigenvalue weighted by molar-refractivity contribution is -0.137. The van der Waals surface area contributed by atoms with E-state index in [0.717, 1.165) is 68.9 Å². The van der Waals surface area contributed by atoms with Gasteiger partial charge in [0, 0.05) is 19.0 Å². The van der Waals surface area contributed by atoms with Crippen LogP contribution in [0.1, 0.15) is 117 Å². The minimum Gasteiger partial charge on any atom is -0.481 e. The van der Waals surface area contributed by atoms with Crippen LogP contribution < -0.4 is 5.32 Å². The summed E-state index contributed by atoms with van der Waals surface area (Å²) in [6.45, 7) is 8.30. The van der Waals surface area contributed by atoms with Crippen molar-refractivity contribution in [2.24, 2.45) is 11.8 Å². The molecule has 0 bridgehead atoms. The van der Waals surface area contributed by atoms with Crippen molar-refractivity contribution in [1.82, 2.24) is 5.32 Å². The Morgan fingerprint density at radius 1 is 0.886 bits per heavy atom. The summed E-state index contributed by atoms with van der Waals surface area (Å²) in [4.78, 5) is 11.3. The summed E-state index contributed by atoms with van der Waals surface area (Å²) >= 11 is 0. The lowest BCUT2D eigenvalue weighted by Gasteiger charge is -2.28. The predicted octanol–water partition coefficient (Wildman–Crippen LogP) is 6.58. The van der Waals surface area contributed by atoms with E-state index in [1.165, 1.54) is 5.56 Å². The van der Waals surface area contributed by atoms with Gasteiger partial charge in [0.05, 0.1) is 24.9 Å². The van der Waals surface area contributed by atoms with Gasteiger partial charge in [-0.25, -0.2) is 0 Å². The van der Waals surface area contributed by atoms with Crippen LogP contribution in [0.15, 0.2) is 53.6 Å². The normalized spacial score (nSPS) is 16.1. The van der Waals surface area contributed by atoms with Gasteiger partial charge in [0.2, 0.25) is 0 Å². The maximum Gasteiger partial charge on any atom is 0.303 e. The molecule has 0 fully saturated rings. The van der Waals surface area contributed by atoms with Crippen molar-refractivity contribution in [1.29, 1.82) is 0 Å². The first-order valence-corrected chi connectivity index (χ1v) is 17.1. The Morgan fingerprint density at radius 2 is 1.61 bits per heavy atom. The van der Waals surface area contributed by atoms with Crippen molar-refractivity contribution >= 4 is 5.97 Å². The average molecular weight is 618 g/mol. The van der Waals surface area contributed by atoms with Gasteiger partial charge >= 0.3 is 5.97 Å². The number of aliphatic hydroxyl groups excluding tert-OH is 4. The number of carboxylic acids is 1. The van der Waals surface area contributed by atoms with Crippen LogP contribution in [-0.4, -0.2) is 69.0 Å². The van der Waals surface area contributed by atoms with E-state index < -0.39 is 24.3 Å². The Balaban J connectivity index is 3.38. The van der Waals surface area contributed by atoms with Crippen LogP contribution in [0.3, 0.4) is 0 Å². The zero-order chi connectivity index (χ0) is 32.7. The Morgan fingerprint density at radius 3 is 2.23 bits per heavy atom. The molecule has 0 aromatic heterocycles. The third-order valence-corrected chi connectivity index (χ3v) is 8.33. The Kier molecular flexibility index (Phi) is 22.0. The van der Waals surface area contributed by atoms with E-state index in [0.29, 0.717) is 37.6 Å². The number of aliphatic carboxylic acids is 1. The molecule has 0 radical (unpaired) electrons. The molecule has 1 aromatic carbocycles. The minimum absolute atomic E-state index is 0.149. The van der Waals surface area contributed by atoms with Crippen LogP contribution in [-0.2, 0) is 11.2 Å². The maximum atomic E-state index is 11.3. The Hall–Kier alpha value is -2.03. The number of unbranched alkanes of at least 4 members (excludes halogenated alkanes) is 2. The van der Waals surface area contributed by atoms with Gasteiger partial charge in [-0.15, -0.1) is 0 Å². The molecule has 7 nitrogen and oxygen atoms in total. The molecule has 0 aliphatic carbocycles. The maximum absolute atomic E-state index is 11.3. The van der Waals surface area contributed by atoms with Gasteiger partial charge in [-0.1, -0.05) is 108 Å². The van der Waals surface area contributed by atoms with Gasteiger partial charge < -0.3 is 30.8 Å². The second-order valence-electron chi connectivity index (χ2n) is 13.0. The first kappa shape index (κ1) is 40.0. The first-order chi connectivity index (χ1) is 21.0.